The Morgan fingerprint density at radius 2 is 1.41 bits per heavy atom. The Morgan fingerprint density at radius 3 is 2.04 bits per heavy atom. The van der Waals surface area contributed by atoms with Crippen molar-refractivity contribution >= 4 is 23.0 Å². The fourth-order valence-corrected chi connectivity index (χ4v) is 3.23. The van der Waals surface area contributed by atoms with Crippen LogP contribution >= 0.6 is 12.2 Å². The Balaban J connectivity index is 1.52. The van der Waals surface area contributed by atoms with Gasteiger partial charge in [-0.1, -0.05) is 60.7 Å². The number of ether oxygens (including phenoxy) is 2. The van der Waals surface area contributed by atoms with Gasteiger partial charge in [0.2, 0.25) is 6.79 Å². The molecule has 1 aliphatic heterocycles. The zero-order chi connectivity index (χ0) is 18.5. The van der Waals surface area contributed by atoms with Crippen molar-refractivity contribution in [1.29, 1.82) is 0 Å². The molecular weight excluding hydrogens is 356 g/mol. The van der Waals surface area contributed by atoms with Gasteiger partial charge < -0.3 is 19.7 Å². The fraction of sp³-hybridized carbons (Fsp3) is 0.136. The third kappa shape index (κ3) is 4.38. The molecular formula is C22H20N2O2S. The van der Waals surface area contributed by atoms with Crippen LogP contribution < -0.4 is 14.8 Å². The van der Waals surface area contributed by atoms with Gasteiger partial charge in [-0.25, -0.2) is 0 Å². The number of benzene rings is 3. The summed E-state index contributed by atoms with van der Waals surface area (Å²) in [6.07, 6.45) is 0. The molecule has 0 unspecified atom stereocenters. The highest BCUT2D eigenvalue weighted by molar-refractivity contribution is 7.80. The normalized spacial score (nSPS) is 11.9. The van der Waals surface area contributed by atoms with Crippen LogP contribution in [-0.2, 0) is 13.1 Å². The molecule has 0 aliphatic carbocycles. The van der Waals surface area contributed by atoms with Crippen LogP contribution in [0.25, 0.3) is 0 Å². The summed E-state index contributed by atoms with van der Waals surface area (Å²) in [5, 5.41) is 4.00. The maximum Gasteiger partial charge on any atom is 0.231 e. The number of nitrogens with one attached hydrogen (secondary N) is 1. The van der Waals surface area contributed by atoms with E-state index in [1.807, 2.05) is 54.6 Å². The standard InChI is InChI=1S/C22H20N2O2S/c27-22(23-19-11-12-20-21(13-19)26-16-25-20)24(14-17-7-3-1-4-8-17)15-18-9-5-2-6-10-18/h1-13H,14-16H2,(H,23,27). The van der Waals surface area contributed by atoms with Crippen LogP contribution in [0, 0.1) is 0 Å². The Labute approximate surface area is 164 Å². The predicted octanol–water partition coefficient (Wildman–Crippen LogP) is 4.81. The van der Waals surface area contributed by atoms with E-state index >= 15 is 0 Å². The zero-order valence-electron chi connectivity index (χ0n) is 14.8. The monoisotopic (exact) mass is 376 g/mol. The average molecular weight is 376 g/mol. The molecule has 0 saturated heterocycles. The number of thiocarbonyl (C=S) groups is 1. The van der Waals surface area contributed by atoms with Gasteiger partial charge in [0.1, 0.15) is 0 Å². The lowest BCUT2D eigenvalue weighted by Gasteiger charge is -2.26. The molecule has 4 nitrogen and oxygen atoms in total. The first-order valence-electron chi connectivity index (χ1n) is 8.81. The number of anilines is 1. The van der Waals surface area contributed by atoms with Crippen LogP contribution in [0.1, 0.15) is 11.1 Å². The maximum atomic E-state index is 5.73. The van der Waals surface area contributed by atoms with Crippen LogP contribution in [0.4, 0.5) is 5.69 Å². The molecule has 0 saturated carbocycles. The fourth-order valence-electron chi connectivity index (χ4n) is 2.98. The van der Waals surface area contributed by atoms with Crippen molar-refractivity contribution in [2.75, 3.05) is 12.1 Å². The second-order valence-corrected chi connectivity index (χ2v) is 6.71. The summed E-state index contributed by atoms with van der Waals surface area (Å²) in [4.78, 5) is 2.16. The molecule has 0 aromatic heterocycles. The highest BCUT2D eigenvalue weighted by Gasteiger charge is 2.16. The van der Waals surface area contributed by atoms with E-state index in [9.17, 15) is 0 Å². The van der Waals surface area contributed by atoms with Crippen molar-refractivity contribution in [1.82, 2.24) is 4.90 Å². The van der Waals surface area contributed by atoms with Gasteiger partial charge in [-0.3, -0.25) is 0 Å². The highest BCUT2D eigenvalue weighted by Crippen LogP contribution is 2.34. The summed E-state index contributed by atoms with van der Waals surface area (Å²) >= 11 is 5.73. The van der Waals surface area contributed by atoms with E-state index in [4.69, 9.17) is 21.7 Å². The van der Waals surface area contributed by atoms with E-state index in [2.05, 4.69) is 34.5 Å². The minimum Gasteiger partial charge on any atom is -0.454 e. The van der Waals surface area contributed by atoms with E-state index in [0.717, 1.165) is 30.3 Å². The molecule has 4 rings (SSSR count). The molecule has 3 aromatic rings. The van der Waals surface area contributed by atoms with Crippen molar-refractivity contribution < 1.29 is 9.47 Å². The van der Waals surface area contributed by atoms with E-state index in [-0.39, 0.29) is 6.79 Å². The molecule has 0 radical (unpaired) electrons. The Kier molecular flexibility index (Phi) is 5.21. The Hall–Kier alpha value is -3.05. The Morgan fingerprint density at radius 1 is 0.815 bits per heavy atom. The maximum absolute atomic E-state index is 5.73. The van der Waals surface area contributed by atoms with Gasteiger partial charge in [0.05, 0.1) is 0 Å². The lowest BCUT2D eigenvalue weighted by atomic mass is 10.2. The minimum atomic E-state index is 0.261. The summed E-state index contributed by atoms with van der Waals surface area (Å²) in [6.45, 7) is 1.72. The molecule has 0 spiro atoms. The zero-order valence-corrected chi connectivity index (χ0v) is 15.6. The predicted molar refractivity (Wildman–Crippen MR) is 111 cm³/mol. The molecule has 0 amide bonds. The second-order valence-electron chi connectivity index (χ2n) is 6.33. The lowest BCUT2D eigenvalue weighted by molar-refractivity contribution is 0.174. The molecule has 136 valence electrons. The number of hydrogen-bond donors (Lipinski definition) is 1. The quantitative estimate of drug-likeness (QED) is 0.646. The van der Waals surface area contributed by atoms with Crippen LogP contribution in [0.2, 0.25) is 0 Å². The summed E-state index contributed by atoms with van der Waals surface area (Å²) in [6, 6.07) is 26.4. The van der Waals surface area contributed by atoms with Crippen LogP contribution in [0.3, 0.4) is 0 Å². The minimum absolute atomic E-state index is 0.261. The van der Waals surface area contributed by atoms with Gasteiger partial charge in [-0.05, 0) is 35.5 Å². The van der Waals surface area contributed by atoms with Crippen LogP contribution in [0.15, 0.2) is 78.9 Å². The van der Waals surface area contributed by atoms with E-state index in [1.54, 1.807) is 0 Å². The smallest absolute Gasteiger partial charge is 0.231 e. The van der Waals surface area contributed by atoms with E-state index < -0.39 is 0 Å². The molecule has 0 bridgehead atoms. The van der Waals surface area contributed by atoms with E-state index in [0.29, 0.717) is 5.11 Å². The SMILES string of the molecule is S=C(Nc1ccc2c(c1)OCO2)N(Cc1ccccc1)Cc1ccccc1. The second kappa shape index (κ2) is 8.10. The van der Waals surface area contributed by atoms with Gasteiger partial charge >= 0.3 is 0 Å². The highest BCUT2D eigenvalue weighted by atomic mass is 32.1. The molecule has 27 heavy (non-hydrogen) atoms. The van der Waals surface area contributed by atoms with Crippen molar-refractivity contribution in [2.24, 2.45) is 0 Å². The van der Waals surface area contributed by atoms with Crippen LogP contribution in [0.5, 0.6) is 11.5 Å². The first-order chi connectivity index (χ1) is 13.3. The van der Waals surface area contributed by atoms with Gasteiger partial charge in [0, 0.05) is 24.8 Å². The summed E-state index contributed by atoms with van der Waals surface area (Å²) in [5.41, 5.74) is 3.31. The number of fused-ring (bicyclic) bond motifs is 1. The first-order valence-corrected chi connectivity index (χ1v) is 9.22. The first kappa shape index (κ1) is 17.4. The van der Waals surface area contributed by atoms with Gasteiger partial charge in [-0.2, -0.15) is 0 Å². The average Bonchev–Trinajstić information content (AvgIpc) is 3.17. The molecule has 1 N–H and O–H groups in total. The molecule has 0 fully saturated rings. The van der Waals surface area contributed by atoms with Gasteiger partial charge in [-0.15, -0.1) is 0 Å². The summed E-state index contributed by atoms with van der Waals surface area (Å²) < 4.78 is 10.8. The summed E-state index contributed by atoms with van der Waals surface area (Å²) in [7, 11) is 0. The van der Waals surface area contributed by atoms with Gasteiger partial charge in [0.25, 0.3) is 0 Å². The van der Waals surface area contributed by atoms with Gasteiger partial charge in [0.15, 0.2) is 16.6 Å². The molecule has 3 aromatic carbocycles. The lowest BCUT2D eigenvalue weighted by Crippen LogP contribution is -2.33. The molecule has 0 atom stereocenters. The van der Waals surface area contributed by atoms with E-state index in [1.165, 1.54) is 11.1 Å². The Bertz CT molecular complexity index is 875. The topological polar surface area (TPSA) is 33.7 Å². The van der Waals surface area contributed by atoms with Crippen molar-refractivity contribution in [3.05, 3.63) is 90.0 Å². The summed E-state index contributed by atoms with van der Waals surface area (Å²) in [5.74, 6) is 1.50. The van der Waals surface area contributed by atoms with Crippen molar-refractivity contribution in [3.63, 3.8) is 0 Å². The van der Waals surface area contributed by atoms with Crippen molar-refractivity contribution in [3.8, 4) is 11.5 Å². The third-order valence-electron chi connectivity index (χ3n) is 4.34. The largest absolute Gasteiger partial charge is 0.454 e. The molecule has 5 heteroatoms. The molecule has 1 heterocycles. The van der Waals surface area contributed by atoms with Crippen molar-refractivity contribution in [2.45, 2.75) is 13.1 Å². The number of hydrogen-bond acceptors (Lipinski definition) is 3. The number of nitrogens with zero attached hydrogens (tertiary/aromatic N) is 1. The van der Waals surface area contributed by atoms with Crippen LogP contribution in [-0.4, -0.2) is 16.8 Å². The third-order valence-corrected chi connectivity index (χ3v) is 4.70. The number of rotatable bonds is 5. The molecule has 1 aliphatic rings.